The first-order chi connectivity index (χ1) is 17.9. The van der Waals surface area contributed by atoms with E-state index in [2.05, 4.69) is 53.7 Å². The van der Waals surface area contributed by atoms with Gasteiger partial charge in [-0.2, -0.15) is 0 Å². The lowest BCUT2D eigenvalue weighted by molar-refractivity contribution is 0.0979. The Morgan fingerprint density at radius 3 is 1.97 bits per heavy atom. The number of methoxy groups -OCH3 is 1. The molecule has 0 saturated heterocycles. The third-order valence-electron chi connectivity index (χ3n) is 7.86. The summed E-state index contributed by atoms with van der Waals surface area (Å²) in [5.74, 6) is 1.40. The van der Waals surface area contributed by atoms with Gasteiger partial charge in [0.15, 0.2) is 5.76 Å². The second-order valence-electron chi connectivity index (χ2n) is 10.4. The number of carbonyl (C=O) groups excluding carboxylic acids is 1. The monoisotopic (exact) mass is 506 g/mol. The Morgan fingerprint density at radius 1 is 0.838 bits per heavy atom. The number of benzene rings is 2. The third kappa shape index (κ3) is 7.72. The average Bonchev–Trinajstić information content (AvgIpc) is 2.92. The highest BCUT2D eigenvalue weighted by atomic mass is 16.5. The van der Waals surface area contributed by atoms with Gasteiger partial charge < -0.3 is 9.84 Å². The maximum Gasteiger partial charge on any atom is 0.227 e. The van der Waals surface area contributed by atoms with Gasteiger partial charge in [-0.1, -0.05) is 91.1 Å². The minimum atomic E-state index is -0.301. The zero-order chi connectivity index (χ0) is 27.4. The van der Waals surface area contributed by atoms with E-state index in [-0.39, 0.29) is 11.5 Å². The molecule has 0 heterocycles. The van der Waals surface area contributed by atoms with Crippen LogP contribution in [0.25, 0.3) is 6.08 Å². The molecule has 3 nitrogen and oxygen atoms in total. The Kier molecular flexibility index (Phi) is 13.0. The molecule has 0 amide bonds. The van der Waals surface area contributed by atoms with Crippen LogP contribution >= 0.6 is 0 Å². The minimum Gasteiger partial charge on any atom is -0.504 e. The maximum atomic E-state index is 13.7. The zero-order valence-corrected chi connectivity index (χ0v) is 24.4. The van der Waals surface area contributed by atoms with E-state index in [0.29, 0.717) is 23.3 Å². The van der Waals surface area contributed by atoms with Gasteiger partial charge in [-0.05, 0) is 85.1 Å². The van der Waals surface area contributed by atoms with Crippen LogP contribution in [0.2, 0.25) is 0 Å². The average molecular weight is 507 g/mol. The highest BCUT2D eigenvalue weighted by molar-refractivity contribution is 6.10. The van der Waals surface area contributed by atoms with E-state index in [0.717, 1.165) is 80.2 Å². The highest BCUT2D eigenvalue weighted by Crippen LogP contribution is 2.40. The molecule has 0 aliphatic rings. The summed E-state index contributed by atoms with van der Waals surface area (Å²) in [5.41, 5.74) is 4.88. The maximum absolute atomic E-state index is 13.7. The van der Waals surface area contributed by atoms with Gasteiger partial charge in [0, 0.05) is 11.1 Å². The van der Waals surface area contributed by atoms with Crippen LogP contribution in [0.15, 0.2) is 42.2 Å². The lowest BCUT2D eigenvalue weighted by Gasteiger charge is -2.24. The number of carbonyl (C=O) groups is 1. The largest absolute Gasteiger partial charge is 0.504 e. The van der Waals surface area contributed by atoms with Gasteiger partial charge in [0.05, 0.1) is 7.11 Å². The van der Waals surface area contributed by atoms with Gasteiger partial charge in [-0.15, -0.1) is 0 Å². The molecule has 0 radical (unpaired) electrons. The Balaban J connectivity index is 2.69. The molecular weight excluding hydrogens is 456 g/mol. The van der Waals surface area contributed by atoms with Gasteiger partial charge in [0.1, 0.15) is 5.75 Å². The molecule has 2 aromatic rings. The first-order valence-corrected chi connectivity index (χ1v) is 14.7. The van der Waals surface area contributed by atoms with Crippen LogP contribution in [-0.2, 0) is 0 Å². The Morgan fingerprint density at radius 2 is 1.41 bits per heavy atom. The van der Waals surface area contributed by atoms with Gasteiger partial charge in [-0.3, -0.25) is 4.79 Å². The summed E-state index contributed by atoms with van der Waals surface area (Å²) < 4.78 is 5.95. The summed E-state index contributed by atoms with van der Waals surface area (Å²) in [6.07, 6.45) is 11.1. The van der Waals surface area contributed by atoms with Crippen molar-refractivity contribution in [3.05, 3.63) is 70.0 Å². The van der Waals surface area contributed by atoms with E-state index >= 15 is 0 Å². The summed E-state index contributed by atoms with van der Waals surface area (Å²) in [7, 11) is 1.73. The summed E-state index contributed by atoms with van der Waals surface area (Å²) in [6.45, 7) is 13.2. The van der Waals surface area contributed by atoms with Crippen molar-refractivity contribution in [2.24, 2.45) is 0 Å². The van der Waals surface area contributed by atoms with Crippen molar-refractivity contribution in [2.75, 3.05) is 7.11 Å². The van der Waals surface area contributed by atoms with Crippen LogP contribution in [0.1, 0.15) is 150 Å². The molecule has 0 fully saturated rings. The summed E-state index contributed by atoms with van der Waals surface area (Å²) in [6, 6.07) is 12.2. The fourth-order valence-electron chi connectivity index (χ4n) is 5.83. The van der Waals surface area contributed by atoms with Crippen LogP contribution < -0.4 is 4.74 Å². The van der Waals surface area contributed by atoms with Crippen LogP contribution in [-0.4, -0.2) is 18.0 Å². The quantitative estimate of drug-likeness (QED) is 0.140. The van der Waals surface area contributed by atoms with E-state index in [1.165, 1.54) is 5.56 Å². The van der Waals surface area contributed by atoms with Crippen molar-refractivity contribution in [3.63, 3.8) is 0 Å². The first-order valence-electron chi connectivity index (χ1n) is 14.7. The lowest BCUT2D eigenvalue weighted by atomic mass is 9.83. The molecular formula is C34H50O3. The third-order valence-corrected chi connectivity index (χ3v) is 7.86. The normalized spacial score (nSPS) is 14.3. The lowest BCUT2D eigenvalue weighted by Crippen LogP contribution is -2.11. The number of aliphatic hydroxyl groups is 1. The predicted octanol–water partition coefficient (Wildman–Crippen LogP) is 10.4. The van der Waals surface area contributed by atoms with Gasteiger partial charge in [0.2, 0.25) is 5.78 Å². The molecule has 3 unspecified atom stereocenters. The van der Waals surface area contributed by atoms with Crippen molar-refractivity contribution >= 4 is 11.9 Å². The number of hydrogen-bond acceptors (Lipinski definition) is 3. The van der Waals surface area contributed by atoms with E-state index in [1.54, 1.807) is 13.2 Å². The molecule has 3 heteroatoms. The number of Topliss-reactive ketones (excluding diaryl/α,β-unsaturated/α-hetero) is 1. The Bertz CT molecular complexity index is 1020. The molecule has 2 aromatic carbocycles. The molecule has 3 atom stereocenters. The van der Waals surface area contributed by atoms with Crippen molar-refractivity contribution in [1.82, 2.24) is 0 Å². The molecule has 204 valence electrons. The van der Waals surface area contributed by atoms with E-state index in [4.69, 9.17) is 4.74 Å². The Labute approximate surface area is 226 Å². The number of allylic oxidation sites excluding steroid dienone is 1. The molecule has 0 saturated carbocycles. The molecule has 0 spiro atoms. The van der Waals surface area contributed by atoms with E-state index in [9.17, 15) is 9.90 Å². The molecule has 37 heavy (non-hydrogen) atoms. The standard InChI is InChI=1S/C34H50O3/c1-8-16-24(11-4)27-21-28(33(32(23-27)37-7)26(13-6)18-10-3)22-31(35)34(36)30-20-15-14-19-29(30)25(12-5)17-9-2/h14-15,19-26,35H,8-13,16-18H2,1-7H3. The molecule has 0 aliphatic heterocycles. The van der Waals surface area contributed by atoms with Crippen molar-refractivity contribution in [1.29, 1.82) is 0 Å². The smallest absolute Gasteiger partial charge is 0.227 e. The second kappa shape index (κ2) is 15.6. The Hall–Kier alpha value is -2.55. The van der Waals surface area contributed by atoms with Crippen molar-refractivity contribution in [2.45, 2.75) is 117 Å². The number of rotatable bonds is 16. The van der Waals surface area contributed by atoms with E-state index < -0.39 is 0 Å². The molecule has 1 N–H and O–H groups in total. The summed E-state index contributed by atoms with van der Waals surface area (Å²) in [4.78, 5) is 13.7. The predicted molar refractivity (Wildman–Crippen MR) is 158 cm³/mol. The number of ketones is 1. The fraction of sp³-hybridized carbons (Fsp3) is 0.559. The van der Waals surface area contributed by atoms with Gasteiger partial charge in [-0.25, -0.2) is 0 Å². The topological polar surface area (TPSA) is 46.5 Å². The van der Waals surface area contributed by atoms with Crippen LogP contribution in [0.3, 0.4) is 0 Å². The zero-order valence-electron chi connectivity index (χ0n) is 24.4. The van der Waals surface area contributed by atoms with Crippen molar-refractivity contribution < 1.29 is 14.6 Å². The molecule has 0 aromatic heterocycles. The first kappa shape index (κ1) is 30.7. The van der Waals surface area contributed by atoms with Crippen LogP contribution in [0.5, 0.6) is 5.75 Å². The SMILES string of the molecule is CCCC(CC)c1cc(C=C(O)C(=O)c2ccccc2C(CC)CCC)c(C(CC)CCC)c(OC)c1. The fourth-order valence-corrected chi connectivity index (χ4v) is 5.83. The molecule has 2 rings (SSSR count). The summed E-state index contributed by atoms with van der Waals surface area (Å²) >= 11 is 0. The van der Waals surface area contributed by atoms with Gasteiger partial charge in [0.25, 0.3) is 0 Å². The summed E-state index contributed by atoms with van der Waals surface area (Å²) in [5, 5.41) is 11.3. The van der Waals surface area contributed by atoms with Gasteiger partial charge >= 0.3 is 0 Å². The minimum absolute atomic E-state index is 0.200. The van der Waals surface area contributed by atoms with Crippen LogP contribution in [0, 0.1) is 0 Å². The molecule has 0 aliphatic carbocycles. The second-order valence-corrected chi connectivity index (χ2v) is 10.4. The number of ether oxygens (including phenoxy) is 1. The number of aliphatic hydroxyl groups excluding tert-OH is 1. The van der Waals surface area contributed by atoms with Crippen molar-refractivity contribution in [3.8, 4) is 5.75 Å². The van der Waals surface area contributed by atoms with E-state index in [1.807, 2.05) is 24.3 Å². The highest BCUT2D eigenvalue weighted by Gasteiger charge is 2.24. The van der Waals surface area contributed by atoms with Crippen LogP contribution in [0.4, 0.5) is 0 Å². The number of hydrogen-bond donors (Lipinski definition) is 1. The molecule has 0 bridgehead atoms.